The van der Waals surface area contributed by atoms with E-state index in [1.54, 1.807) is 6.92 Å². The average molecular weight is 300 g/mol. The van der Waals surface area contributed by atoms with Gasteiger partial charge in [0.1, 0.15) is 12.2 Å². The highest BCUT2D eigenvalue weighted by atomic mass is 19.4. The molecule has 0 saturated heterocycles. The van der Waals surface area contributed by atoms with Crippen LogP contribution in [0.2, 0.25) is 0 Å². The smallest absolute Gasteiger partial charge is 0.405 e. The minimum absolute atomic E-state index is 0.0344. The van der Waals surface area contributed by atoms with Gasteiger partial charge < -0.3 is 15.4 Å². The van der Waals surface area contributed by atoms with Crippen molar-refractivity contribution in [3.8, 4) is 11.3 Å². The van der Waals surface area contributed by atoms with Crippen molar-refractivity contribution in [2.45, 2.75) is 13.1 Å². The Labute approximate surface area is 117 Å². The van der Waals surface area contributed by atoms with Crippen molar-refractivity contribution in [2.24, 2.45) is 0 Å². The third-order valence-corrected chi connectivity index (χ3v) is 2.61. The molecule has 112 valence electrons. The predicted octanol–water partition coefficient (Wildman–Crippen LogP) is 2.45. The maximum atomic E-state index is 12.1. The molecule has 6 nitrogen and oxygen atoms in total. The molecule has 2 aromatic rings. The molecule has 0 aliphatic carbocycles. The molecule has 3 N–H and O–H groups in total. The van der Waals surface area contributed by atoms with Crippen LogP contribution in [0.3, 0.4) is 0 Å². The second kappa shape index (κ2) is 5.43. The van der Waals surface area contributed by atoms with Crippen molar-refractivity contribution in [1.82, 2.24) is 15.0 Å². The molecule has 2 aromatic heterocycles. The van der Waals surface area contributed by atoms with Crippen molar-refractivity contribution >= 4 is 11.9 Å². The standard InChI is InChI=1S/C12H11F3N4O2/c1-6-3-17-11(18-5-12(13,14)15)19-9(6)7-2-8(10(20)21)16-4-7/h2-4,16H,5H2,1H3,(H,20,21)(H,17,18,19). The molecule has 9 heteroatoms. The Morgan fingerprint density at radius 2 is 2.19 bits per heavy atom. The second-order valence-electron chi connectivity index (χ2n) is 4.30. The number of carboxylic acid groups (broad SMARTS) is 1. The lowest BCUT2D eigenvalue weighted by Crippen LogP contribution is -2.22. The Morgan fingerprint density at radius 1 is 1.48 bits per heavy atom. The quantitative estimate of drug-likeness (QED) is 0.807. The number of aromatic carboxylic acids is 1. The van der Waals surface area contributed by atoms with E-state index in [1.807, 2.05) is 0 Å². The van der Waals surface area contributed by atoms with E-state index in [0.717, 1.165) is 0 Å². The third-order valence-electron chi connectivity index (χ3n) is 2.61. The molecule has 0 spiro atoms. The number of hydrogen-bond donors (Lipinski definition) is 3. The highest BCUT2D eigenvalue weighted by Gasteiger charge is 2.27. The number of anilines is 1. The Hall–Kier alpha value is -2.58. The zero-order valence-electron chi connectivity index (χ0n) is 10.8. The summed E-state index contributed by atoms with van der Waals surface area (Å²) in [7, 11) is 0. The van der Waals surface area contributed by atoms with Crippen molar-refractivity contribution < 1.29 is 23.1 Å². The maximum Gasteiger partial charge on any atom is 0.405 e. The summed E-state index contributed by atoms with van der Waals surface area (Å²) in [5, 5.41) is 10.9. The van der Waals surface area contributed by atoms with Crippen LogP contribution in [0.5, 0.6) is 0 Å². The van der Waals surface area contributed by atoms with Crippen LogP contribution in [0.15, 0.2) is 18.5 Å². The number of aryl methyl sites for hydroxylation is 1. The van der Waals surface area contributed by atoms with Gasteiger partial charge in [-0.2, -0.15) is 13.2 Å². The fourth-order valence-electron chi connectivity index (χ4n) is 1.65. The number of hydrogen-bond acceptors (Lipinski definition) is 4. The van der Waals surface area contributed by atoms with Crippen LogP contribution in [0.1, 0.15) is 16.1 Å². The van der Waals surface area contributed by atoms with Gasteiger partial charge in [0.15, 0.2) is 0 Å². The number of carbonyl (C=O) groups is 1. The zero-order valence-corrected chi connectivity index (χ0v) is 10.8. The van der Waals surface area contributed by atoms with E-state index in [-0.39, 0.29) is 11.6 Å². The van der Waals surface area contributed by atoms with Crippen LogP contribution in [-0.4, -0.2) is 38.7 Å². The Morgan fingerprint density at radius 3 is 2.76 bits per heavy atom. The van der Waals surface area contributed by atoms with E-state index in [2.05, 4.69) is 20.3 Å². The summed E-state index contributed by atoms with van der Waals surface area (Å²) < 4.78 is 36.4. The van der Waals surface area contributed by atoms with E-state index in [0.29, 0.717) is 16.8 Å². The van der Waals surface area contributed by atoms with Gasteiger partial charge in [-0.3, -0.25) is 0 Å². The highest BCUT2D eigenvalue weighted by molar-refractivity contribution is 5.87. The van der Waals surface area contributed by atoms with Crippen LogP contribution in [0.4, 0.5) is 19.1 Å². The number of H-pyrrole nitrogens is 1. The van der Waals surface area contributed by atoms with Gasteiger partial charge in [0.2, 0.25) is 5.95 Å². The lowest BCUT2D eigenvalue weighted by molar-refractivity contribution is -0.115. The largest absolute Gasteiger partial charge is 0.477 e. The summed E-state index contributed by atoms with van der Waals surface area (Å²) in [6.45, 7) is 0.430. The summed E-state index contributed by atoms with van der Waals surface area (Å²) in [6.07, 6.45) is -1.58. The number of alkyl halides is 3. The number of nitrogens with one attached hydrogen (secondary N) is 2. The van der Waals surface area contributed by atoms with Gasteiger partial charge in [0.05, 0.1) is 5.69 Å². The minimum atomic E-state index is -4.38. The second-order valence-corrected chi connectivity index (χ2v) is 4.30. The molecule has 0 atom stereocenters. The van der Waals surface area contributed by atoms with Crippen LogP contribution in [-0.2, 0) is 0 Å². The summed E-state index contributed by atoms with van der Waals surface area (Å²) in [4.78, 5) is 21.1. The summed E-state index contributed by atoms with van der Waals surface area (Å²) in [5.41, 5.74) is 1.40. The first-order chi connectivity index (χ1) is 9.76. The molecular formula is C12H11F3N4O2. The molecule has 0 aliphatic heterocycles. The van der Waals surface area contributed by atoms with E-state index in [1.165, 1.54) is 18.5 Å². The van der Waals surface area contributed by atoms with E-state index in [4.69, 9.17) is 5.11 Å². The van der Waals surface area contributed by atoms with Crippen LogP contribution in [0.25, 0.3) is 11.3 Å². The first-order valence-electron chi connectivity index (χ1n) is 5.82. The molecule has 0 unspecified atom stereocenters. The van der Waals surface area contributed by atoms with Gasteiger partial charge in [-0.05, 0) is 18.6 Å². The number of carboxylic acids is 1. The van der Waals surface area contributed by atoms with Gasteiger partial charge in [0, 0.05) is 18.0 Å². The Bertz CT molecular complexity index is 667. The number of aromatic nitrogens is 3. The number of nitrogens with zero attached hydrogens (tertiary/aromatic N) is 2. The van der Waals surface area contributed by atoms with E-state index < -0.39 is 18.7 Å². The van der Waals surface area contributed by atoms with E-state index >= 15 is 0 Å². The molecule has 0 fully saturated rings. The molecular weight excluding hydrogens is 289 g/mol. The molecule has 21 heavy (non-hydrogen) atoms. The third kappa shape index (κ3) is 3.71. The first-order valence-corrected chi connectivity index (χ1v) is 5.82. The van der Waals surface area contributed by atoms with Crippen LogP contribution in [0, 0.1) is 6.92 Å². The average Bonchev–Trinajstić information content (AvgIpc) is 2.86. The fraction of sp³-hybridized carbons (Fsp3) is 0.250. The molecule has 0 amide bonds. The molecule has 0 bridgehead atoms. The van der Waals surface area contributed by atoms with Crippen LogP contribution < -0.4 is 5.32 Å². The topological polar surface area (TPSA) is 90.9 Å². The predicted molar refractivity (Wildman–Crippen MR) is 68.1 cm³/mol. The molecule has 2 heterocycles. The molecule has 0 aliphatic rings. The normalized spacial score (nSPS) is 11.4. The number of aromatic amines is 1. The van der Waals surface area contributed by atoms with Crippen molar-refractivity contribution in [2.75, 3.05) is 11.9 Å². The maximum absolute atomic E-state index is 12.1. The number of halogens is 3. The van der Waals surface area contributed by atoms with Crippen molar-refractivity contribution in [3.63, 3.8) is 0 Å². The Balaban J connectivity index is 2.28. The molecule has 0 saturated carbocycles. The van der Waals surface area contributed by atoms with Gasteiger partial charge in [0.25, 0.3) is 0 Å². The fourth-order valence-corrected chi connectivity index (χ4v) is 1.65. The monoisotopic (exact) mass is 300 g/mol. The first kappa shape index (κ1) is 14.8. The number of rotatable bonds is 4. The lowest BCUT2D eigenvalue weighted by Gasteiger charge is -2.09. The van der Waals surface area contributed by atoms with E-state index in [9.17, 15) is 18.0 Å². The molecule has 0 aromatic carbocycles. The Kier molecular flexibility index (Phi) is 3.83. The van der Waals surface area contributed by atoms with Gasteiger partial charge in [-0.1, -0.05) is 0 Å². The van der Waals surface area contributed by atoms with Gasteiger partial charge >= 0.3 is 12.1 Å². The molecule has 0 radical (unpaired) electrons. The summed E-state index contributed by atoms with van der Waals surface area (Å²) in [6, 6.07) is 1.35. The van der Waals surface area contributed by atoms with Gasteiger partial charge in [-0.15, -0.1) is 0 Å². The SMILES string of the molecule is Cc1cnc(NCC(F)(F)F)nc1-c1c[nH]c(C(=O)O)c1. The zero-order chi connectivity index (χ0) is 15.6. The van der Waals surface area contributed by atoms with Gasteiger partial charge in [-0.25, -0.2) is 14.8 Å². The minimum Gasteiger partial charge on any atom is -0.477 e. The summed E-state index contributed by atoms with van der Waals surface area (Å²) >= 11 is 0. The lowest BCUT2D eigenvalue weighted by atomic mass is 10.1. The summed E-state index contributed by atoms with van der Waals surface area (Å²) in [5.74, 6) is -1.31. The van der Waals surface area contributed by atoms with Crippen molar-refractivity contribution in [3.05, 3.63) is 29.7 Å². The highest BCUT2D eigenvalue weighted by Crippen LogP contribution is 2.23. The molecule has 2 rings (SSSR count). The van der Waals surface area contributed by atoms with Crippen molar-refractivity contribution in [1.29, 1.82) is 0 Å². The van der Waals surface area contributed by atoms with Crippen LogP contribution >= 0.6 is 0 Å².